The van der Waals surface area contributed by atoms with Crippen LogP contribution in [0.2, 0.25) is 0 Å². The van der Waals surface area contributed by atoms with Gasteiger partial charge in [-0.15, -0.1) is 0 Å². The first-order chi connectivity index (χ1) is 7.53. The van der Waals surface area contributed by atoms with Crippen LogP contribution in [0.25, 0.3) is 0 Å². The molecule has 2 N–H and O–H groups in total. The van der Waals surface area contributed by atoms with E-state index in [1.54, 1.807) is 0 Å². The van der Waals surface area contributed by atoms with Crippen molar-refractivity contribution in [3.8, 4) is 0 Å². The first-order valence-corrected chi connectivity index (χ1v) is 5.91. The number of alkyl halides is 3. The van der Waals surface area contributed by atoms with E-state index in [9.17, 15) is 13.2 Å². The molecular formula is C11H20F3NO. The second kappa shape index (κ2) is 6.45. The van der Waals surface area contributed by atoms with E-state index >= 15 is 0 Å². The predicted molar refractivity (Wildman–Crippen MR) is 56.1 cm³/mol. The summed E-state index contributed by atoms with van der Waals surface area (Å²) >= 11 is 0. The highest BCUT2D eigenvalue weighted by Crippen LogP contribution is 2.30. The maximum Gasteiger partial charge on any atom is 0.389 e. The van der Waals surface area contributed by atoms with Gasteiger partial charge in [-0.3, -0.25) is 0 Å². The molecule has 0 aromatic heterocycles. The van der Waals surface area contributed by atoms with Crippen LogP contribution in [0, 0.1) is 11.8 Å². The highest BCUT2D eigenvalue weighted by molar-refractivity contribution is 4.78. The van der Waals surface area contributed by atoms with Crippen molar-refractivity contribution in [2.24, 2.45) is 11.8 Å². The third-order valence-corrected chi connectivity index (χ3v) is 3.27. The lowest BCUT2D eigenvalue weighted by atomic mass is 9.97. The van der Waals surface area contributed by atoms with Crippen molar-refractivity contribution in [3.05, 3.63) is 0 Å². The summed E-state index contributed by atoms with van der Waals surface area (Å²) in [5.74, 6) is 0.783. The van der Waals surface area contributed by atoms with E-state index in [0.29, 0.717) is 18.4 Å². The van der Waals surface area contributed by atoms with E-state index in [4.69, 9.17) is 5.11 Å². The normalized spacial score (nSPS) is 26.2. The monoisotopic (exact) mass is 239 g/mol. The molecule has 96 valence electrons. The highest BCUT2D eigenvalue weighted by atomic mass is 19.4. The first kappa shape index (κ1) is 13.8. The fourth-order valence-electron chi connectivity index (χ4n) is 2.32. The van der Waals surface area contributed by atoms with Crippen LogP contribution in [-0.4, -0.2) is 31.0 Å². The summed E-state index contributed by atoms with van der Waals surface area (Å²) in [6, 6.07) is 0. The maximum absolute atomic E-state index is 11.8. The molecule has 0 aliphatic heterocycles. The Morgan fingerprint density at radius 3 is 2.50 bits per heavy atom. The van der Waals surface area contributed by atoms with Gasteiger partial charge in [-0.25, -0.2) is 0 Å². The first-order valence-electron chi connectivity index (χ1n) is 5.91. The van der Waals surface area contributed by atoms with Crippen LogP contribution in [-0.2, 0) is 0 Å². The quantitative estimate of drug-likeness (QED) is 0.697. The molecule has 0 amide bonds. The van der Waals surface area contributed by atoms with Crippen molar-refractivity contribution >= 4 is 0 Å². The minimum atomic E-state index is -4.04. The van der Waals surface area contributed by atoms with E-state index in [1.807, 2.05) is 0 Å². The third kappa shape index (κ3) is 5.16. The van der Waals surface area contributed by atoms with Crippen LogP contribution in [0.15, 0.2) is 0 Å². The average molecular weight is 239 g/mol. The molecule has 2 atom stereocenters. The maximum atomic E-state index is 11.8. The molecule has 1 rings (SSSR count). The lowest BCUT2D eigenvalue weighted by Gasteiger charge is -2.17. The van der Waals surface area contributed by atoms with E-state index in [0.717, 1.165) is 25.8 Å². The molecule has 16 heavy (non-hydrogen) atoms. The molecule has 0 aromatic rings. The Bertz CT molecular complexity index is 196. The van der Waals surface area contributed by atoms with Gasteiger partial charge < -0.3 is 10.4 Å². The van der Waals surface area contributed by atoms with Gasteiger partial charge >= 0.3 is 6.18 Å². The van der Waals surface area contributed by atoms with Crippen molar-refractivity contribution in [3.63, 3.8) is 0 Å². The van der Waals surface area contributed by atoms with E-state index < -0.39 is 12.6 Å². The van der Waals surface area contributed by atoms with Crippen LogP contribution >= 0.6 is 0 Å². The van der Waals surface area contributed by atoms with Gasteiger partial charge in [0.25, 0.3) is 0 Å². The van der Waals surface area contributed by atoms with Crippen LogP contribution in [0.3, 0.4) is 0 Å². The van der Waals surface area contributed by atoms with Gasteiger partial charge in [0.15, 0.2) is 0 Å². The predicted octanol–water partition coefficient (Wildman–Crippen LogP) is 2.33. The second-order valence-corrected chi connectivity index (χ2v) is 4.56. The Balaban J connectivity index is 2.03. The molecule has 2 nitrogen and oxygen atoms in total. The second-order valence-electron chi connectivity index (χ2n) is 4.56. The summed E-state index contributed by atoms with van der Waals surface area (Å²) in [6.07, 6.45) is -1.36. The third-order valence-electron chi connectivity index (χ3n) is 3.27. The zero-order chi connectivity index (χ0) is 12.0. The molecule has 0 aromatic carbocycles. The van der Waals surface area contributed by atoms with Gasteiger partial charge in [0, 0.05) is 13.0 Å². The largest absolute Gasteiger partial charge is 0.396 e. The van der Waals surface area contributed by atoms with Crippen LogP contribution < -0.4 is 5.32 Å². The van der Waals surface area contributed by atoms with Crippen molar-refractivity contribution in [2.45, 2.75) is 38.3 Å². The minimum absolute atomic E-state index is 0.139. The number of hydrogen-bond donors (Lipinski definition) is 2. The number of rotatable bonds is 6. The summed E-state index contributed by atoms with van der Waals surface area (Å²) in [7, 11) is 0. The van der Waals surface area contributed by atoms with Gasteiger partial charge in [-0.1, -0.05) is 6.42 Å². The Labute approximate surface area is 94.2 Å². The molecule has 0 spiro atoms. The van der Waals surface area contributed by atoms with Crippen LogP contribution in [0.5, 0.6) is 0 Å². The number of nitrogens with one attached hydrogen (secondary N) is 1. The molecule has 5 heteroatoms. The van der Waals surface area contributed by atoms with Crippen molar-refractivity contribution in [2.75, 3.05) is 19.7 Å². The standard InChI is InChI=1S/C11H20F3NO/c12-11(13,14)5-2-6-15-7-9-3-1-4-10(9)8-16/h9-10,15-16H,1-8H2. The summed E-state index contributed by atoms with van der Waals surface area (Å²) in [5, 5.41) is 12.1. The van der Waals surface area contributed by atoms with Gasteiger partial charge in [0.2, 0.25) is 0 Å². The van der Waals surface area contributed by atoms with Crippen molar-refractivity contribution in [1.29, 1.82) is 0 Å². The van der Waals surface area contributed by atoms with Crippen molar-refractivity contribution in [1.82, 2.24) is 5.32 Å². The van der Waals surface area contributed by atoms with Crippen LogP contribution in [0.1, 0.15) is 32.1 Å². The van der Waals surface area contributed by atoms with Gasteiger partial charge in [0.1, 0.15) is 0 Å². The summed E-state index contributed by atoms with van der Waals surface area (Å²) in [5.41, 5.74) is 0. The topological polar surface area (TPSA) is 32.3 Å². The van der Waals surface area contributed by atoms with E-state index in [-0.39, 0.29) is 13.0 Å². The SMILES string of the molecule is OCC1CCCC1CNCCCC(F)(F)F. The van der Waals surface area contributed by atoms with Crippen LogP contribution in [0.4, 0.5) is 13.2 Å². The summed E-state index contributed by atoms with van der Waals surface area (Å²) in [6.45, 7) is 1.35. The zero-order valence-electron chi connectivity index (χ0n) is 9.39. The molecule has 1 aliphatic rings. The Kier molecular flexibility index (Phi) is 5.55. The number of halogens is 3. The molecule has 0 bridgehead atoms. The van der Waals surface area contributed by atoms with Gasteiger partial charge in [-0.05, 0) is 44.2 Å². The number of aliphatic hydroxyl groups is 1. The Morgan fingerprint density at radius 2 is 1.88 bits per heavy atom. The number of aliphatic hydroxyl groups excluding tert-OH is 1. The fraction of sp³-hybridized carbons (Fsp3) is 1.00. The smallest absolute Gasteiger partial charge is 0.389 e. The molecular weight excluding hydrogens is 219 g/mol. The summed E-state index contributed by atoms with van der Waals surface area (Å²) in [4.78, 5) is 0. The average Bonchev–Trinajstić information content (AvgIpc) is 2.63. The molecule has 1 saturated carbocycles. The Morgan fingerprint density at radius 1 is 1.19 bits per heavy atom. The minimum Gasteiger partial charge on any atom is -0.396 e. The zero-order valence-corrected chi connectivity index (χ0v) is 9.39. The molecule has 1 aliphatic carbocycles. The lowest BCUT2D eigenvalue weighted by Crippen LogP contribution is -2.28. The van der Waals surface area contributed by atoms with Crippen molar-refractivity contribution < 1.29 is 18.3 Å². The van der Waals surface area contributed by atoms with Gasteiger partial charge in [-0.2, -0.15) is 13.2 Å². The fourth-order valence-corrected chi connectivity index (χ4v) is 2.32. The lowest BCUT2D eigenvalue weighted by molar-refractivity contribution is -0.135. The summed E-state index contributed by atoms with van der Waals surface area (Å²) < 4.78 is 35.5. The molecule has 0 saturated heterocycles. The number of hydrogen-bond acceptors (Lipinski definition) is 2. The molecule has 2 unspecified atom stereocenters. The van der Waals surface area contributed by atoms with E-state index in [2.05, 4.69) is 5.32 Å². The van der Waals surface area contributed by atoms with Gasteiger partial charge in [0.05, 0.1) is 0 Å². The Hall–Kier alpha value is -0.290. The molecule has 0 heterocycles. The molecule has 0 radical (unpaired) electrons. The molecule has 1 fully saturated rings. The van der Waals surface area contributed by atoms with E-state index in [1.165, 1.54) is 0 Å². The highest BCUT2D eigenvalue weighted by Gasteiger charge is 2.27.